The maximum Gasteiger partial charge on any atom is 0.335 e. The molecule has 0 unspecified atom stereocenters. The first-order valence-electron chi connectivity index (χ1n) is 13.1. The lowest BCUT2D eigenvalue weighted by atomic mass is 9.95. The largest absolute Gasteiger partial charge is 0.490 e. The van der Waals surface area contributed by atoms with Gasteiger partial charge in [-0.05, 0) is 65.4 Å². The van der Waals surface area contributed by atoms with Crippen molar-refractivity contribution >= 4 is 11.5 Å². The Hall–Kier alpha value is -4.15. The van der Waals surface area contributed by atoms with E-state index in [1.807, 2.05) is 55.5 Å². The van der Waals surface area contributed by atoms with E-state index in [0.29, 0.717) is 26.2 Å². The van der Waals surface area contributed by atoms with Gasteiger partial charge in [0.15, 0.2) is 6.10 Å². The molecule has 0 bridgehead atoms. The number of carbonyl (C=O) groups is 1. The summed E-state index contributed by atoms with van der Waals surface area (Å²) in [6.07, 6.45) is 1.98. The summed E-state index contributed by atoms with van der Waals surface area (Å²) in [7, 11) is 0. The highest BCUT2D eigenvalue weighted by molar-refractivity contribution is 5.81. The number of esters is 1. The second-order valence-corrected chi connectivity index (χ2v) is 8.78. The molecule has 0 fully saturated rings. The lowest BCUT2D eigenvalue weighted by molar-refractivity contribution is -0.156. The molecule has 38 heavy (non-hydrogen) atoms. The van der Waals surface area contributed by atoms with Crippen LogP contribution in [0.1, 0.15) is 30.5 Å². The van der Waals surface area contributed by atoms with E-state index in [4.69, 9.17) is 14.2 Å². The normalized spacial score (nSPS) is 12.1. The summed E-state index contributed by atoms with van der Waals surface area (Å²) in [5, 5.41) is 0. The minimum Gasteiger partial charge on any atom is -0.490 e. The molecule has 0 saturated carbocycles. The van der Waals surface area contributed by atoms with Gasteiger partial charge in [0.05, 0.1) is 6.61 Å². The fraction of sp³-hybridized carbons (Fsp3) is 0.206. The third-order valence-corrected chi connectivity index (χ3v) is 6.19. The molecule has 0 aromatic heterocycles. The summed E-state index contributed by atoms with van der Waals surface area (Å²) in [6.45, 7) is 4.89. The van der Waals surface area contributed by atoms with E-state index < -0.39 is 6.10 Å². The number of benzene rings is 4. The standard InChI is InChI=1S/C34H34O4/c1-3-36-33(34(35)37-4-2)25-26-15-21-31(22-16-26)38-24-23-32(29-13-9-6-10-14-29)30-19-17-28(18-20-30)27-11-7-5-8-12-27/h5-23,33H,3-4,24-25H2,1-2H3/t33-/m0/s1. The molecular weight excluding hydrogens is 472 g/mol. The van der Waals surface area contributed by atoms with E-state index in [0.717, 1.165) is 28.0 Å². The first kappa shape index (κ1) is 26.9. The van der Waals surface area contributed by atoms with Crippen LogP contribution in [-0.4, -0.2) is 31.9 Å². The van der Waals surface area contributed by atoms with Crippen molar-refractivity contribution in [2.75, 3.05) is 19.8 Å². The third-order valence-electron chi connectivity index (χ3n) is 6.19. The van der Waals surface area contributed by atoms with Gasteiger partial charge in [-0.1, -0.05) is 97.1 Å². The van der Waals surface area contributed by atoms with E-state index in [-0.39, 0.29) is 5.97 Å². The van der Waals surface area contributed by atoms with Crippen LogP contribution < -0.4 is 4.74 Å². The van der Waals surface area contributed by atoms with Gasteiger partial charge in [0, 0.05) is 13.0 Å². The van der Waals surface area contributed by atoms with Gasteiger partial charge in [0.1, 0.15) is 12.4 Å². The summed E-state index contributed by atoms with van der Waals surface area (Å²) < 4.78 is 16.8. The molecule has 0 aliphatic carbocycles. The van der Waals surface area contributed by atoms with Gasteiger partial charge in [-0.15, -0.1) is 0 Å². The van der Waals surface area contributed by atoms with Crippen molar-refractivity contribution in [2.24, 2.45) is 0 Å². The fourth-order valence-corrected chi connectivity index (χ4v) is 4.30. The predicted octanol–water partition coefficient (Wildman–Crippen LogP) is 7.38. The molecule has 0 heterocycles. The molecule has 0 aliphatic rings. The van der Waals surface area contributed by atoms with E-state index in [1.165, 1.54) is 11.1 Å². The van der Waals surface area contributed by atoms with Gasteiger partial charge >= 0.3 is 5.97 Å². The minimum absolute atomic E-state index is 0.329. The molecule has 4 heteroatoms. The van der Waals surface area contributed by atoms with E-state index >= 15 is 0 Å². The van der Waals surface area contributed by atoms with Crippen LogP contribution in [0.4, 0.5) is 0 Å². The summed E-state index contributed by atoms with van der Waals surface area (Å²) in [5.41, 5.74) is 6.77. The molecule has 194 valence electrons. The zero-order chi connectivity index (χ0) is 26.6. The van der Waals surface area contributed by atoms with Crippen molar-refractivity contribution in [3.05, 3.63) is 132 Å². The van der Waals surface area contributed by atoms with Gasteiger partial charge in [-0.3, -0.25) is 0 Å². The van der Waals surface area contributed by atoms with Crippen LogP contribution in [0.15, 0.2) is 115 Å². The van der Waals surface area contributed by atoms with Crippen molar-refractivity contribution < 1.29 is 19.0 Å². The van der Waals surface area contributed by atoms with E-state index in [2.05, 4.69) is 66.7 Å². The average molecular weight is 507 g/mol. The van der Waals surface area contributed by atoms with Crippen molar-refractivity contribution in [2.45, 2.75) is 26.4 Å². The Morgan fingerprint density at radius 2 is 1.32 bits per heavy atom. The van der Waals surface area contributed by atoms with Crippen molar-refractivity contribution in [1.29, 1.82) is 0 Å². The molecule has 1 atom stereocenters. The monoisotopic (exact) mass is 506 g/mol. The summed E-state index contributed by atoms with van der Waals surface area (Å²) in [6, 6.07) is 37.2. The predicted molar refractivity (Wildman–Crippen MR) is 153 cm³/mol. The minimum atomic E-state index is -0.601. The lowest BCUT2D eigenvalue weighted by Crippen LogP contribution is -2.28. The Morgan fingerprint density at radius 3 is 1.95 bits per heavy atom. The topological polar surface area (TPSA) is 44.8 Å². The first-order valence-corrected chi connectivity index (χ1v) is 13.1. The first-order chi connectivity index (χ1) is 18.7. The maximum atomic E-state index is 12.2. The number of hydrogen-bond acceptors (Lipinski definition) is 4. The Bertz CT molecular complexity index is 1290. The summed E-state index contributed by atoms with van der Waals surface area (Å²) >= 11 is 0. The second kappa shape index (κ2) is 14.0. The highest BCUT2D eigenvalue weighted by Crippen LogP contribution is 2.27. The molecule has 4 aromatic rings. The molecule has 4 nitrogen and oxygen atoms in total. The van der Waals surface area contributed by atoms with Gasteiger partial charge in [0.2, 0.25) is 0 Å². The van der Waals surface area contributed by atoms with Gasteiger partial charge in [0.25, 0.3) is 0 Å². The van der Waals surface area contributed by atoms with E-state index in [9.17, 15) is 4.79 Å². The zero-order valence-corrected chi connectivity index (χ0v) is 22.0. The average Bonchev–Trinajstić information content (AvgIpc) is 2.97. The van der Waals surface area contributed by atoms with Crippen LogP contribution in [0.3, 0.4) is 0 Å². The van der Waals surface area contributed by atoms with Gasteiger partial charge in [-0.2, -0.15) is 0 Å². The van der Waals surface area contributed by atoms with Crippen LogP contribution in [0.2, 0.25) is 0 Å². The molecule has 0 aliphatic heterocycles. The number of hydrogen-bond donors (Lipinski definition) is 0. The Labute approximate surface area is 225 Å². The summed E-state index contributed by atoms with van der Waals surface area (Å²) in [5.74, 6) is 0.436. The molecule has 0 N–H and O–H groups in total. The molecule has 0 radical (unpaired) electrons. The van der Waals surface area contributed by atoms with Crippen LogP contribution in [0.5, 0.6) is 5.75 Å². The van der Waals surface area contributed by atoms with Crippen LogP contribution >= 0.6 is 0 Å². The van der Waals surface area contributed by atoms with Crippen LogP contribution in [-0.2, 0) is 20.7 Å². The Morgan fingerprint density at radius 1 is 0.711 bits per heavy atom. The van der Waals surface area contributed by atoms with Gasteiger partial charge < -0.3 is 14.2 Å². The maximum absolute atomic E-state index is 12.2. The third kappa shape index (κ3) is 7.44. The van der Waals surface area contributed by atoms with Crippen molar-refractivity contribution in [3.8, 4) is 16.9 Å². The molecule has 4 aromatic carbocycles. The fourth-order valence-electron chi connectivity index (χ4n) is 4.30. The SMILES string of the molecule is CCOC(=O)[C@H](Cc1ccc(OCC=C(c2ccccc2)c2ccc(-c3ccccc3)cc2)cc1)OCC. The molecular formula is C34H34O4. The van der Waals surface area contributed by atoms with Crippen LogP contribution in [0, 0.1) is 0 Å². The lowest BCUT2D eigenvalue weighted by Gasteiger charge is -2.16. The number of ether oxygens (including phenoxy) is 3. The number of rotatable bonds is 12. The molecule has 4 rings (SSSR count). The molecule has 0 saturated heterocycles. The highest BCUT2D eigenvalue weighted by atomic mass is 16.6. The second-order valence-electron chi connectivity index (χ2n) is 8.78. The van der Waals surface area contributed by atoms with Crippen LogP contribution in [0.25, 0.3) is 16.7 Å². The van der Waals surface area contributed by atoms with Crippen molar-refractivity contribution in [3.63, 3.8) is 0 Å². The smallest absolute Gasteiger partial charge is 0.335 e. The number of carbonyl (C=O) groups excluding carboxylic acids is 1. The Kier molecular flexibility index (Phi) is 9.89. The van der Waals surface area contributed by atoms with Gasteiger partial charge in [-0.25, -0.2) is 4.79 Å². The zero-order valence-electron chi connectivity index (χ0n) is 22.0. The highest BCUT2D eigenvalue weighted by Gasteiger charge is 2.20. The molecule has 0 amide bonds. The quantitative estimate of drug-likeness (QED) is 0.188. The Balaban J connectivity index is 1.45. The molecule has 0 spiro atoms. The van der Waals surface area contributed by atoms with Crippen molar-refractivity contribution in [1.82, 2.24) is 0 Å². The summed E-state index contributed by atoms with van der Waals surface area (Å²) in [4.78, 5) is 12.2. The van der Waals surface area contributed by atoms with E-state index in [1.54, 1.807) is 6.92 Å².